The van der Waals surface area contributed by atoms with Crippen molar-refractivity contribution < 1.29 is 4.39 Å². The molecule has 1 heterocycles. The fourth-order valence-corrected chi connectivity index (χ4v) is 1.72. The van der Waals surface area contributed by atoms with E-state index in [2.05, 4.69) is 10.3 Å². The van der Waals surface area contributed by atoms with E-state index in [1.807, 2.05) is 19.0 Å². The highest BCUT2D eigenvalue weighted by molar-refractivity contribution is 5.82. The summed E-state index contributed by atoms with van der Waals surface area (Å²) in [5.41, 5.74) is 0.857. The van der Waals surface area contributed by atoms with Gasteiger partial charge in [0, 0.05) is 24.5 Å². The second-order valence-electron chi connectivity index (χ2n) is 4.47. The minimum atomic E-state index is -0.312. The van der Waals surface area contributed by atoms with Crippen LogP contribution in [0.5, 0.6) is 0 Å². The Hall–Kier alpha value is -1.88. The number of halogens is 1. The number of aromatic nitrogens is 1. The normalized spacial score (nSPS) is 11.1. The van der Waals surface area contributed by atoms with Crippen LogP contribution in [0.25, 0.3) is 10.9 Å². The van der Waals surface area contributed by atoms with Gasteiger partial charge in [0.1, 0.15) is 5.82 Å². The van der Waals surface area contributed by atoms with Crippen LogP contribution in [0.1, 0.15) is 0 Å². The highest BCUT2D eigenvalue weighted by Crippen LogP contribution is 2.20. The molecule has 0 radical (unpaired) electrons. The number of benzene rings is 1. The highest BCUT2D eigenvalue weighted by Gasteiger charge is 2.05. The number of pyridine rings is 1. The average molecular weight is 249 g/mol. The Morgan fingerprint density at radius 2 is 2.11 bits per heavy atom. The fourth-order valence-electron chi connectivity index (χ4n) is 1.72. The summed E-state index contributed by atoms with van der Waals surface area (Å²) in [5, 5.41) is 3.70. The third-order valence-electron chi connectivity index (χ3n) is 2.69. The molecule has 0 saturated heterocycles. The van der Waals surface area contributed by atoms with Crippen LogP contribution in [0.2, 0.25) is 0 Å². The Balaban J connectivity index is 2.27. The van der Waals surface area contributed by atoms with Crippen LogP contribution in [0.3, 0.4) is 0 Å². The standard InChI is InChI=1S/C13H16FN3O/c1-17(2)6-5-15-12-8-11-9(7-10(12)14)3-4-13(18)16-11/h3-4,7-8,15H,5-6H2,1-2H3,(H,16,18). The van der Waals surface area contributed by atoms with Crippen molar-refractivity contribution in [3.8, 4) is 0 Å². The predicted octanol–water partition coefficient (Wildman–Crippen LogP) is 1.64. The predicted molar refractivity (Wildman–Crippen MR) is 71.6 cm³/mol. The molecule has 0 aliphatic rings. The smallest absolute Gasteiger partial charge is 0.248 e. The van der Waals surface area contributed by atoms with Crippen molar-refractivity contribution in [1.82, 2.24) is 9.88 Å². The molecule has 0 saturated carbocycles. The van der Waals surface area contributed by atoms with Gasteiger partial charge in [-0.15, -0.1) is 0 Å². The Labute approximate surface area is 104 Å². The number of H-pyrrole nitrogens is 1. The van der Waals surface area contributed by atoms with E-state index in [0.29, 0.717) is 23.1 Å². The number of hydrogen-bond acceptors (Lipinski definition) is 3. The molecule has 1 aromatic heterocycles. The summed E-state index contributed by atoms with van der Waals surface area (Å²) in [6, 6.07) is 6.05. The maximum Gasteiger partial charge on any atom is 0.248 e. The number of hydrogen-bond donors (Lipinski definition) is 2. The lowest BCUT2D eigenvalue weighted by molar-refractivity contribution is 0.425. The van der Waals surface area contributed by atoms with Crippen molar-refractivity contribution in [3.63, 3.8) is 0 Å². The van der Waals surface area contributed by atoms with Gasteiger partial charge in [0.05, 0.1) is 11.2 Å². The molecule has 4 nitrogen and oxygen atoms in total. The zero-order chi connectivity index (χ0) is 13.1. The lowest BCUT2D eigenvalue weighted by Gasteiger charge is -2.12. The Morgan fingerprint density at radius 1 is 1.33 bits per heavy atom. The second kappa shape index (κ2) is 5.18. The third-order valence-corrected chi connectivity index (χ3v) is 2.69. The zero-order valence-electron chi connectivity index (χ0n) is 10.5. The van der Waals surface area contributed by atoms with E-state index in [4.69, 9.17) is 0 Å². The van der Waals surface area contributed by atoms with Crippen LogP contribution in [0.4, 0.5) is 10.1 Å². The van der Waals surface area contributed by atoms with E-state index in [9.17, 15) is 9.18 Å². The zero-order valence-corrected chi connectivity index (χ0v) is 10.5. The van der Waals surface area contributed by atoms with Crippen molar-refractivity contribution >= 4 is 16.6 Å². The molecule has 5 heteroatoms. The van der Waals surface area contributed by atoms with Gasteiger partial charge in [-0.25, -0.2) is 4.39 Å². The summed E-state index contributed by atoms with van der Waals surface area (Å²) in [4.78, 5) is 15.9. The van der Waals surface area contributed by atoms with E-state index >= 15 is 0 Å². The fraction of sp³-hybridized carbons (Fsp3) is 0.308. The molecule has 0 fully saturated rings. The van der Waals surface area contributed by atoms with Gasteiger partial charge < -0.3 is 15.2 Å². The van der Waals surface area contributed by atoms with Gasteiger partial charge >= 0.3 is 0 Å². The van der Waals surface area contributed by atoms with Crippen LogP contribution in [0.15, 0.2) is 29.1 Å². The Morgan fingerprint density at radius 3 is 2.83 bits per heavy atom. The van der Waals surface area contributed by atoms with Crippen molar-refractivity contribution in [2.45, 2.75) is 0 Å². The number of likely N-dealkylation sites (N-methyl/N-ethyl adjacent to an activating group) is 1. The largest absolute Gasteiger partial charge is 0.381 e. The lowest BCUT2D eigenvalue weighted by Crippen LogP contribution is -2.21. The molecule has 2 aromatic rings. The molecular weight excluding hydrogens is 233 g/mol. The summed E-state index contributed by atoms with van der Waals surface area (Å²) >= 11 is 0. The van der Waals surface area contributed by atoms with E-state index in [1.54, 1.807) is 12.1 Å². The molecule has 2 rings (SSSR count). The van der Waals surface area contributed by atoms with Gasteiger partial charge in [0.15, 0.2) is 0 Å². The highest BCUT2D eigenvalue weighted by atomic mass is 19.1. The van der Waals surface area contributed by atoms with Crippen LogP contribution in [-0.4, -0.2) is 37.1 Å². The van der Waals surface area contributed by atoms with Crippen LogP contribution >= 0.6 is 0 Å². The third kappa shape index (κ3) is 2.87. The number of anilines is 1. The molecule has 0 spiro atoms. The first-order chi connectivity index (χ1) is 8.56. The van der Waals surface area contributed by atoms with Crippen molar-refractivity contribution in [2.75, 3.05) is 32.5 Å². The number of nitrogens with one attached hydrogen (secondary N) is 2. The van der Waals surface area contributed by atoms with Gasteiger partial charge in [0.25, 0.3) is 0 Å². The summed E-state index contributed by atoms with van der Waals surface area (Å²) in [5.74, 6) is -0.312. The average Bonchev–Trinajstić information content (AvgIpc) is 2.30. The molecule has 0 unspecified atom stereocenters. The van der Waals surface area contributed by atoms with Gasteiger partial charge in [-0.1, -0.05) is 0 Å². The Bertz CT molecular complexity index is 607. The number of aromatic amines is 1. The molecule has 0 bridgehead atoms. The van der Waals surface area contributed by atoms with Crippen LogP contribution in [-0.2, 0) is 0 Å². The van der Waals surface area contributed by atoms with Gasteiger partial charge in [-0.2, -0.15) is 0 Å². The monoisotopic (exact) mass is 249 g/mol. The number of nitrogens with zero attached hydrogens (tertiary/aromatic N) is 1. The van der Waals surface area contributed by atoms with Crippen LogP contribution < -0.4 is 10.9 Å². The molecule has 0 atom stereocenters. The lowest BCUT2D eigenvalue weighted by atomic mass is 10.2. The maximum absolute atomic E-state index is 13.8. The van der Waals surface area contributed by atoms with Crippen molar-refractivity contribution in [2.24, 2.45) is 0 Å². The van der Waals surface area contributed by atoms with Crippen molar-refractivity contribution in [1.29, 1.82) is 0 Å². The first-order valence-electron chi connectivity index (χ1n) is 5.77. The molecule has 96 valence electrons. The summed E-state index contributed by atoms with van der Waals surface area (Å²) in [6.45, 7) is 1.45. The number of rotatable bonds is 4. The minimum Gasteiger partial charge on any atom is -0.381 e. The van der Waals surface area contributed by atoms with Gasteiger partial charge in [-0.3, -0.25) is 4.79 Å². The summed E-state index contributed by atoms with van der Waals surface area (Å²) in [6.07, 6.45) is 0. The molecular formula is C13H16FN3O. The number of fused-ring (bicyclic) bond motifs is 1. The molecule has 18 heavy (non-hydrogen) atoms. The Kier molecular flexibility index (Phi) is 3.62. The van der Waals surface area contributed by atoms with Gasteiger partial charge in [-0.05, 0) is 32.3 Å². The molecule has 0 aliphatic carbocycles. The second-order valence-corrected chi connectivity index (χ2v) is 4.47. The SMILES string of the molecule is CN(C)CCNc1cc2[nH]c(=O)ccc2cc1F. The van der Waals surface area contributed by atoms with Crippen LogP contribution in [0, 0.1) is 5.82 Å². The topological polar surface area (TPSA) is 48.1 Å². The van der Waals surface area contributed by atoms with Crippen molar-refractivity contribution in [3.05, 3.63) is 40.4 Å². The molecule has 0 aliphatic heterocycles. The van der Waals surface area contributed by atoms with E-state index in [1.165, 1.54) is 12.1 Å². The minimum absolute atomic E-state index is 0.187. The van der Waals surface area contributed by atoms with Gasteiger partial charge in [0.2, 0.25) is 5.56 Å². The quantitative estimate of drug-likeness (QED) is 0.866. The molecule has 2 N–H and O–H groups in total. The van der Waals surface area contributed by atoms with E-state index < -0.39 is 0 Å². The molecule has 1 aromatic carbocycles. The first kappa shape index (κ1) is 12.6. The summed E-state index contributed by atoms with van der Waals surface area (Å²) in [7, 11) is 3.91. The molecule has 0 amide bonds. The maximum atomic E-state index is 13.8. The summed E-state index contributed by atoms with van der Waals surface area (Å²) < 4.78 is 13.8. The first-order valence-corrected chi connectivity index (χ1v) is 5.77. The van der Waals surface area contributed by atoms with E-state index in [-0.39, 0.29) is 11.4 Å². The van der Waals surface area contributed by atoms with E-state index in [0.717, 1.165) is 6.54 Å².